The molecular formula is C26H35N3O6S. The van der Waals surface area contributed by atoms with Crippen molar-refractivity contribution in [2.24, 2.45) is 0 Å². The molecule has 0 radical (unpaired) electrons. The molecule has 1 unspecified atom stereocenters. The first kappa shape index (κ1) is 26.4. The molecule has 0 aliphatic carbocycles. The maximum Gasteiger partial charge on any atom is 0.301 e. The number of hydrogen-bond donors (Lipinski definition) is 1. The number of rotatable bonds is 9. The van der Waals surface area contributed by atoms with E-state index in [0.29, 0.717) is 43.2 Å². The van der Waals surface area contributed by atoms with Crippen molar-refractivity contribution in [2.45, 2.75) is 44.9 Å². The van der Waals surface area contributed by atoms with Gasteiger partial charge in [0.2, 0.25) is 0 Å². The molecule has 2 fully saturated rings. The molecule has 0 aromatic heterocycles. The Morgan fingerprint density at radius 3 is 2.61 bits per heavy atom. The summed E-state index contributed by atoms with van der Waals surface area (Å²) >= 11 is 0. The third-order valence-corrected chi connectivity index (χ3v) is 8.38. The Bertz CT molecular complexity index is 1190. The molecule has 3 atom stereocenters. The summed E-state index contributed by atoms with van der Waals surface area (Å²) in [6.07, 6.45) is 0.879. The van der Waals surface area contributed by atoms with E-state index in [4.69, 9.17) is 14.2 Å². The SMILES string of the molecule is COCC1CCCN1S(=O)(=O)Nc1cccc(O[C@@H]2CN(C(=O)c3cc(C)ccc3C)C[C@H]2OC)c1. The lowest BCUT2D eigenvalue weighted by Gasteiger charge is -2.24. The van der Waals surface area contributed by atoms with Crippen molar-refractivity contribution in [3.63, 3.8) is 0 Å². The van der Waals surface area contributed by atoms with Crippen LogP contribution in [-0.2, 0) is 19.7 Å². The average molecular weight is 518 g/mol. The number of carbonyl (C=O) groups excluding carboxylic acids is 1. The Morgan fingerprint density at radius 1 is 1.08 bits per heavy atom. The van der Waals surface area contributed by atoms with Gasteiger partial charge in [-0.2, -0.15) is 12.7 Å². The third-order valence-electron chi connectivity index (χ3n) is 6.79. The van der Waals surface area contributed by atoms with Gasteiger partial charge in [0.05, 0.1) is 25.4 Å². The van der Waals surface area contributed by atoms with Crippen molar-refractivity contribution in [3.05, 3.63) is 59.2 Å². The lowest BCUT2D eigenvalue weighted by molar-refractivity contribution is 0.0340. The van der Waals surface area contributed by atoms with E-state index in [9.17, 15) is 13.2 Å². The molecule has 2 aliphatic heterocycles. The summed E-state index contributed by atoms with van der Waals surface area (Å²) in [6.45, 7) is 5.50. The van der Waals surface area contributed by atoms with Crippen molar-refractivity contribution in [3.8, 4) is 5.75 Å². The second-order valence-corrected chi connectivity index (χ2v) is 11.1. The van der Waals surface area contributed by atoms with Gasteiger partial charge in [-0.15, -0.1) is 0 Å². The van der Waals surface area contributed by atoms with E-state index < -0.39 is 10.2 Å². The van der Waals surface area contributed by atoms with Crippen molar-refractivity contribution in [1.82, 2.24) is 9.21 Å². The van der Waals surface area contributed by atoms with E-state index in [2.05, 4.69) is 4.72 Å². The summed E-state index contributed by atoms with van der Waals surface area (Å²) in [5.74, 6) is 0.445. The minimum atomic E-state index is -3.73. The maximum absolute atomic E-state index is 13.2. The van der Waals surface area contributed by atoms with Gasteiger partial charge in [0.25, 0.3) is 5.91 Å². The van der Waals surface area contributed by atoms with E-state index in [1.165, 1.54) is 4.31 Å². The van der Waals surface area contributed by atoms with Gasteiger partial charge in [-0.05, 0) is 50.5 Å². The second kappa shape index (κ2) is 11.2. The molecule has 0 spiro atoms. The van der Waals surface area contributed by atoms with Gasteiger partial charge in [0.1, 0.15) is 18.0 Å². The number of methoxy groups -OCH3 is 2. The van der Waals surface area contributed by atoms with Crippen LogP contribution in [0.25, 0.3) is 0 Å². The van der Waals surface area contributed by atoms with E-state index >= 15 is 0 Å². The zero-order valence-corrected chi connectivity index (χ0v) is 22.1. The molecule has 196 valence electrons. The number of hydrogen-bond acceptors (Lipinski definition) is 6. The third kappa shape index (κ3) is 5.83. The molecule has 2 aliphatic rings. The smallest absolute Gasteiger partial charge is 0.301 e. The van der Waals surface area contributed by atoms with Crippen LogP contribution in [0.5, 0.6) is 5.75 Å². The molecule has 36 heavy (non-hydrogen) atoms. The van der Waals surface area contributed by atoms with Crippen LogP contribution >= 0.6 is 0 Å². The van der Waals surface area contributed by atoms with Crippen molar-refractivity contribution in [2.75, 3.05) is 45.2 Å². The van der Waals surface area contributed by atoms with Gasteiger partial charge in [-0.25, -0.2) is 0 Å². The molecule has 9 nitrogen and oxygen atoms in total. The summed E-state index contributed by atoms with van der Waals surface area (Å²) in [6, 6.07) is 12.5. The predicted octanol–water partition coefficient (Wildman–Crippen LogP) is 2.99. The summed E-state index contributed by atoms with van der Waals surface area (Å²) in [4.78, 5) is 15.0. The zero-order valence-electron chi connectivity index (χ0n) is 21.3. The molecule has 2 aromatic carbocycles. The molecule has 0 bridgehead atoms. The Labute approximate surface area is 213 Å². The second-order valence-electron chi connectivity index (χ2n) is 9.46. The van der Waals surface area contributed by atoms with Crippen LogP contribution in [-0.4, -0.2) is 82.2 Å². The normalized spacial score (nSPS) is 22.7. The fraction of sp³-hybridized carbons (Fsp3) is 0.500. The molecule has 2 aromatic rings. The Kier molecular flexibility index (Phi) is 8.19. The van der Waals surface area contributed by atoms with Crippen molar-refractivity contribution >= 4 is 21.8 Å². The Hall–Kier alpha value is -2.66. The summed E-state index contributed by atoms with van der Waals surface area (Å²) in [5, 5.41) is 0. The van der Waals surface area contributed by atoms with Crippen LogP contribution in [0, 0.1) is 13.8 Å². The number of aryl methyl sites for hydroxylation is 2. The number of likely N-dealkylation sites (tertiary alicyclic amines) is 1. The van der Waals surface area contributed by atoms with E-state index in [1.807, 2.05) is 32.0 Å². The first-order chi connectivity index (χ1) is 17.2. The summed E-state index contributed by atoms with van der Waals surface area (Å²) in [7, 11) is -0.557. The number of carbonyl (C=O) groups is 1. The first-order valence-electron chi connectivity index (χ1n) is 12.2. The monoisotopic (exact) mass is 517 g/mol. The highest BCUT2D eigenvalue weighted by molar-refractivity contribution is 7.90. The average Bonchev–Trinajstić information content (AvgIpc) is 3.48. The van der Waals surface area contributed by atoms with Crippen molar-refractivity contribution in [1.29, 1.82) is 0 Å². The fourth-order valence-corrected chi connectivity index (χ4v) is 6.36. The lowest BCUT2D eigenvalue weighted by Crippen LogP contribution is -2.41. The molecular weight excluding hydrogens is 482 g/mol. The molecule has 1 N–H and O–H groups in total. The van der Waals surface area contributed by atoms with Gasteiger partial charge in [0, 0.05) is 38.4 Å². The molecule has 2 saturated heterocycles. The van der Waals surface area contributed by atoms with Gasteiger partial charge >= 0.3 is 10.2 Å². The zero-order chi connectivity index (χ0) is 25.9. The number of benzene rings is 2. The van der Waals surface area contributed by atoms with Gasteiger partial charge in [-0.3, -0.25) is 9.52 Å². The predicted molar refractivity (Wildman–Crippen MR) is 138 cm³/mol. The van der Waals surface area contributed by atoms with Crippen LogP contribution in [0.3, 0.4) is 0 Å². The van der Waals surface area contributed by atoms with E-state index in [-0.39, 0.29) is 24.2 Å². The maximum atomic E-state index is 13.2. The number of nitrogens with one attached hydrogen (secondary N) is 1. The van der Waals surface area contributed by atoms with Gasteiger partial charge in [-0.1, -0.05) is 23.8 Å². The standard InChI is InChI=1S/C26H35N3O6S/c1-18-10-11-19(2)23(13-18)26(30)28-15-24(34-4)25(16-28)35-22-9-5-7-20(14-22)27-36(31,32)29-12-6-8-21(29)17-33-3/h5,7,9-11,13-14,21,24-25,27H,6,8,12,15-17H2,1-4H3/t21?,24-,25-/m1/s1. The molecule has 4 rings (SSSR count). The number of nitrogens with zero attached hydrogens (tertiary/aromatic N) is 2. The Morgan fingerprint density at radius 2 is 1.86 bits per heavy atom. The highest BCUT2D eigenvalue weighted by atomic mass is 32.2. The van der Waals surface area contributed by atoms with Crippen LogP contribution < -0.4 is 9.46 Å². The largest absolute Gasteiger partial charge is 0.486 e. The minimum absolute atomic E-state index is 0.0536. The van der Waals surface area contributed by atoms with Gasteiger partial charge in [0.15, 0.2) is 0 Å². The number of amides is 1. The molecule has 10 heteroatoms. The minimum Gasteiger partial charge on any atom is -0.486 e. The molecule has 2 heterocycles. The van der Waals surface area contributed by atoms with Crippen LogP contribution in [0.4, 0.5) is 5.69 Å². The lowest BCUT2D eigenvalue weighted by atomic mass is 10.0. The number of anilines is 1. The van der Waals surface area contributed by atoms with E-state index in [1.54, 1.807) is 43.4 Å². The van der Waals surface area contributed by atoms with Gasteiger partial charge < -0.3 is 19.1 Å². The van der Waals surface area contributed by atoms with E-state index in [0.717, 1.165) is 24.0 Å². The number of ether oxygens (including phenoxy) is 3. The molecule has 0 saturated carbocycles. The topological polar surface area (TPSA) is 97.4 Å². The summed E-state index contributed by atoms with van der Waals surface area (Å²) < 4.78 is 47.1. The highest BCUT2D eigenvalue weighted by Gasteiger charge is 2.38. The Balaban J connectivity index is 1.45. The highest BCUT2D eigenvalue weighted by Crippen LogP contribution is 2.27. The fourth-order valence-electron chi connectivity index (χ4n) is 4.89. The van der Waals surface area contributed by atoms with Crippen LogP contribution in [0.1, 0.15) is 34.3 Å². The van der Waals surface area contributed by atoms with Crippen LogP contribution in [0.15, 0.2) is 42.5 Å². The quantitative estimate of drug-likeness (QED) is 0.549. The first-order valence-corrected chi connectivity index (χ1v) is 13.6. The molecule has 1 amide bonds. The van der Waals surface area contributed by atoms with Crippen molar-refractivity contribution < 1.29 is 27.4 Å². The van der Waals surface area contributed by atoms with Crippen LogP contribution in [0.2, 0.25) is 0 Å². The summed E-state index contributed by atoms with van der Waals surface area (Å²) in [5.41, 5.74) is 3.04.